The molecule has 0 bridgehead atoms. The summed E-state index contributed by atoms with van der Waals surface area (Å²) in [6.45, 7) is 0.824. The van der Waals surface area contributed by atoms with Crippen LogP contribution in [0.3, 0.4) is 0 Å². The molecular weight excluding hydrogens is 242 g/mol. The van der Waals surface area contributed by atoms with Gasteiger partial charge in [-0.15, -0.1) is 0 Å². The fraction of sp³-hybridized carbons (Fsp3) is 0.538. The lowest BCUT2D eigenvalue weighted by atomic mass is 10.2. The van der Waals surface area contributed by atoms with E-state index in [1.807, 2.05) is 10.6 Å². The molecule has 1 unspecified atom stereocenters. The van der Waals surface area contributed by atoms with Gasteiger partial charge in [-0.05, 0) is 32.1 Å². The summed E-state index contributed by atoms with van der Waals surface area (Å²) in [7, 11) is 0. The van der Waals surface area contributed by atoms with Crippen molar-refractivity contribution in [2.24, 2.45) is 5.84 Å². The lowest BCUT2D eigenvalue weighted by molar-refractivity contribution is 0.108. The molecule has 4 rings (SSSR count). The average molecular weight is 259 g/mol. The fourth-order valence-corrected chi connectivity index (χ4v) is 3.12. The standard InChI is InChI=1S/C13H17N5O/c14-16-13-8-3-1-4-9(8)15-12-7-10(17-18(12)13)11-5-2-6-19-11/h7,11,16H,1-6,14H2. The van der Waals surface area contributed by atoms with E-state index in [0.717, 1.165) is 61.6 Å². The summed E-state index contributed by atoms with van der Waals surface area (Å²) in [6, 6.07) is 2.02. The van der Waals surface area contributed by atoms with Gasteiger partial charge in [-0.25, -0.2) is 10.8 Å². The molecule has 1 atom stereocenters. The van der Waals surface area contributed by atoms with E-state index in [4.69, 9.17) is 15.6 Å². The van der Waals surface area contributed by atoms with E-state index in [-0.39, 0.29) is 6.10 Å². The maximum absolute atomic E-state index is 5.69. The molecule has 1 saturated heterocycles. The molecule has 0 saturated carbocycles. The minimum Gasteiger partial charge on any atom is -0.372 e. The first kappa shape index (κ1) is 11.2. The zero-order valence-corrected chi connectivity index (χ0v) is 10.7. The highest BCUT2D eigenvalue weighted by molar-refractivity contribution is 5.57. The molecule has 2 aliphatic rings. The molecule has 1 aliphatic carbocycles. The van der Waals surface area contributed by atoms with Crippen LogP contribution in [-0.4, -0.2) is 21.2 Å². The Morgan fingerprint density at radius 2 is 2.32 bits per heavy atom. The summed E-state index contributed by atoms with van der Waals surface area (Å²) < 4.78 is 7.51. The summed E-state index contributed by atoms with van der Waals surface area (Å²) >= 11 is 0. The van der Waals surface area contributed by atoms with Crippen molar-refractivity contribution in [3.05, 3.63) is 23.0 Å². The number of fused-ring (bicyclic) bond motifs is 2. The Balaban J connectivity index is 1.88. The van der Waals surface area contributed by atoms with Gasteiger partial charge in [0.2, 0.25) is 0 Å². The molecule has 0 radical (unpaired) electrons. The number of hydrogen-bond acceptors (Lipinski definition) is 5. The molecule has 6 heteroatoms. The van der Waals surface area contributed by atoms with Gasteiger partial charge in [-0.1, -0.05) is 0 Å². The number of rotatable bonds is 2. The van der Waals surface area contributed by atoms with Crippen molar-refractivity contribution < 1.29 is 4.74 Å². The number of aryl methyl sites for hydroxylation is 1. The Morgan fingerprint density at radius 3 is 3.11 bits per heavy atom. The predicted molar refractivity (Wildman–Crippen MR) is 70.7 cm³/mol. The molecule has 100 valence electrons. The molecule has 2 aromatic heterocycles. The first-order valence-electron chi connectivity index (χ1n) is 6.86. The van der Waals surface area contributed by atoms with Crippen LogP contribution in [0.2, 0.25) is 0 Å². The quantitative estimate of drug-likeness (QED) is 0.629. The molecular formula is C13H17N5O. The van der Waals surface area contributed by atoms with Crippen LogP contribution in [0.25, 0.3) is 5.65 Å². The SMILES string of the molecule is NNc1c2c(nc3cc(C4CCCO4)nn13)CCC2. The summed E-state index contributed by atoms with van der Waals surface area (Å²) in [5, 5.41) is 4.63. The Hall–Kier alpha value is -1.66. The lowest BCUT2D eigenvalue weighted by Crippen LogP contribution is -2.15. The summed E-state index contributed by atoms with van der Waals surface area (Å²) in [5.74, 6) is 6.56. The van der Waals surface area contributed by atoms with E-state index in [0.29, 0.717) is 0 Å². The highest BCUT2D eigenvalue weighted by atomic mass is 16.5. The van der Waals surface area contributed by atoms with Crippen LogP contribution in [0.15, 0.2) is 6.07 Å². The van der Waals surface area contributed by atoms with Crippen LogP contribution in [0.5, 0.6) is 0 Å². The number of aromatic nitrogens is 3. The molecule has 6 nitrogen and oxygen atoms in total. The van der Waals surface area contributed by atoms with Crippen LogP contribution in [-0.2, 0) is 17.6 Å². The number of anilines is 1. The number of nitrogens with one attached hydrogen (secondary N) is 1. The van der Waals surface area contributed by atoms with Crippen molar-refractivity contribution in [1.29, 1.82) is 0 Å². The molecule has 3 heterocycles. The molecule has 0 spiro atoms. The average Bonchev–Trinajstić information content (AvgIpc) is 3.13. The molecule has 1 aliphatic heterocycles. The van der Waals surface area contributed by atoms with Gasteiger partial charge in [0.15, 0.2) is 5.65 Å². The second-order valence-corrected chi connectivity index (χ2v) is 5.22. The Labute approximate surface area is 110 Å². The predicted octanol–water partition coefficient (Wildman–Crippen LogP) is 1.36. The van der Waals surface area contributed by atoms with Crippen LogP contribution < -0.4 is 11.3 Å². The van der Waals surface area contributed by atoms with E-state index in [1.165, 1.54) is 5.56 Å². The lowest BCUT2D eigenvalue weighted by Gasteiger charge is -2.09. The van der Waals surface area contributed by atoms with Crippen LogP contribution in [0.4, 0.5) is 5.82 Å². The molecule has 2 aromatic rings. The summed E-state index contributed by atoms with van der Waals surface area (Å²) in [6.07, 6.45) is 5.44. The van der Waals surface area contributed by atoms with Crippen molar-refractivity contribution in [2.75, 3.05) is 12.0 Å². The third kappa shape index (κ3) is 1.63. The highest BCUT2D eigenvalue weighted by Gasteiger charge is 2.24. The van der Waals surface area contributed by atoms with Crippen molar-refractivity contribution in [1.82, 2.24) is 14.6 Å². The van der Waals surface area contributed by atoms with Gasteiger partial charge in [-0.3, -0.25) is 0 Å². The number of nitrogens with two attached hydrogens (primary N) is 1. The molecule has 0 amide bonds. The number of ether oxygens (including phenoxy) is 1. The van der Waals surface area contributed by atoms with Crippen LogP contribution in [0.1, 0.15) is 42.3 Å². The van der Waals surface area contributed by atoms with Gasteiger partial charge in [0, 0.05) is 23.9 Å². The van der Waals surface area contributed by atoms with Gasteiger partial charge in [0.05, 0.1) is 5.69 Å². The Kier molecular flexibility index (Phi) is 2.46. The Bertz CT molecular complexity index is 629. The zero-order chi connectivity index (χ0) is 12.8. The van der Waals surface area contributed by atoms with Gasteiger partial charge < -0.3 is 10.2 Å². The minimum atomic E-state index is 0.113. The third-order valence-electron chi connectivity index (χ3n) is 4.04. The minimum absolute atomic E-state index is 0.113. The van der Waals surface area contributed by atoms with E-state index < -0.39 is 0 Å². The number of hydrogen-bond donors (Lipinski definition) is 2. The van der Waals surface area contributed by atoms with Gasteiger partial charge in [0.1, 0.15) is 11.9 Å². The van der Waals surface area contributed by atoms with Crippen LogP contribution >= 0.6 is 0 Å². The third-order valence-corrected chi connectivity index (χ3v) is 4.04. The molecule has 19 heavy (non-hydrogen) atoms. The molecule has 1 fully saturated rings. The summed E-state index contributed by atoms with van der Waals surface area (Å²) in [5.41, 5.74) is 6.97. The van der Waals surface area contributed by atoms with Crippen LogP contribution in [0, 0.1) is 0 Å². The second-order valence-electron chi connectivity index (χ2n) is 5.22. The van der Waals surface area contributed by atoms with Crippen molar-refractivity contribution >= 4 is 11.5 Å². The number of nitrogen functional groups attached to an aromatic ring is 1. The van der Waals surface area contributed by atoms with Gasteiger partial charge >= 0.3 is 0 Å². The fourth-order valence-electron chi connectivity index (χ4n) is 3.12. The first-order chi connectivity index (χ1) is 9.36. The van der Waals surface area contributed by atoms with E-state index in [1.54, 1.807) is 0 Å². The zero-order valence-electron chi connectivity index (χ0n) is 10.7. The Morgan fingerprint density at radius 1 is 1.37 bits per heavy atom. The monoisotopic (exact) mass is 259 g/mol. The summed E-state index contributed by atoms with van der Waals surface area (Å²) in [4.78, 5) is 4.71. The second kappa shape index (κ2) is 4.18. The smallest absolute Gasteiger partial charge is 0.158 e. The van der Waals surface area contributed by atoms with Crippen molar-refractivity contribution in [3.8, 4) is 0 Å². The van der Waals surface area contributed by atoms with E-state index in [9.17, 15) is 0 Å². The largest absolute Gasteiger partial charge is 0.372 e. The number of nitrogens with zero attached hydrogens (tertiary/aromatic N) is 3. The van der Waals surface area contributed by atoms with Gasteiger partial charge in [-0.2, -0.15) is 9.61 Å². The topological polar surface area (TPSA) is 77.5 Å². The molecule has 3 N–H and O–H groups in total. The number of hydrazine groups is 1. The van der Waals surface area contributed by atoms with Crippen molar-refractivity contribution in [3.63, 3.8) is 0 Å². The van der Waals surface area contributed by atoms with Crippen molar-refractivity contribution in [2.45, 2.75) is 38.2 Å². The maximum atomic E-state index is 5.69. The van der Waals surface area contributed by atoms with Gasteiger partial charge in [0.25, 0.3) is 0 Å². The maximum Gasteiger partial charge on any atom is 0.158 e. The first-order valence-corrected chi connectivity index (χ1v) is 6.86. The highest BCUT2D eigenvalue weighted by Crippen LogP contribution is 2.31. The van der Waals surface area contributed by atoms with E-state index >= 15 is 0 Å². The molecule has 0 aromatic carbocycles. The van der Waals surface area contributed by atoms with E-state index in [2.05, 4.69) is 10.5 Å². The normalized spacial score (nSPS) is 22.1.